The van der Waals surface area contributed by atoms with Crippen molar-refractivity contribution in [1.82, 2.24) is 4.98 Å². The predicted molar refractivity (Wildman–Crippen MR) is 85.6 cm³/mol. The minimum Gasteiger partial charge on any atom is -0.473 e. The van der Waals surface area contributed by atoms with E-state index in [9.17, 15) is 9.59 Å². The van der Waals surface area contributed by atoms with Gasteiger partial charge in [-0.2, -0.15) is 0 Å². The van der Waals surface area contributed by atoms with Gasteiger partial charge in [-0.1, -0.05) is 12.1 Å². The molecule has 0 radical (unpaired) electrons. The van der Waals surface area contributed by atoms with Gasteiger partial charge in [-0.3, -0.25) is 0 Å². The molecule has 124 valence electrons. The molecule has 0 aliphatic heterocycles. The van der Waals surface area contributed by atoms with Crippen LogP contribution in [-0.4, -0.2) is 35.7 Å². The molecule has 6 heteroatoms. The molecule has 0 aliphatic rings. The van der Waals surface area contributed by atoms with E-state index in [0.29, 0.717) is 5.39 Å². The van der Waals surface area contributed by atoms with Crippen LogP contribution in [0, 0.1) is 0 Å². The first-order valence-electron chi connectivity index (χ1n) is 7.54. The zero-order valence-corrected chi connectivity index (χ0v) is 13.8. The van der Waals surface area contributed by atoms with Crippen LogP contribution in [0.15, 0.2) is 24.3 Å². The topological polar surface area (TPSA) is 77.6 Å². The third-order valence-corrected chi connectivity index (χ3v) is 3.26. The Kier molecular flexibility index (Phi) is 4.93. The smallest absolute Gasteiger partial charge is 0.358 e. The fourth-order valence-corrected chi connectivity index (χ4v) is 2.17. The number of benzene rings is 1. The van der Waals surface area contributed by atoms with Gasteiger partial charge in [-0.05, 0) is 39.8 Å². The summed E-state index contributed by atoms with van der Waals surface area (Å²) >= 11 is 0. The van der Waals surface area contributed by atoms with Crippen LogP contribution in [0.1, 0.15) is 38.2 Å². The molecule has 23 heavy (non-hydrogen) atoms. The van der Waals surface area contributed by atoms with E-state index in [-0.39, 0.29) is 24.7 Å². The van der Waals surface area contributed by atoms with Crippen molar-refractivity contribution in [2.75, 3.05) is 13.2 Å². The van der Waals surface area contributed by atoms with E-state index in [0.717, 1.165) is 5.52 Å². The fourth-order valence-electron chi connectivity index (χ4n) is 2.17. The maximum atomic E-state index is 12.2. The average Bonchev–Trinajstić information content (AvgIpc) is 2.86. The highest BCUT2D eigenvalue weighted by Gasteiger charge is 2.34. The normalized spacial score (nSPS) is 11.3. The summed E-state index contributed by atoms with van der Waals surface area (Å²) in [5.41, 5.74) is -0.321. The number of nitrogens with one attached hydrogen (secondary N) is 1. The molecule has 6 nitrogen and oxygen atoms in total. The number of aromatic amines is 1. The van der Waals surface area contributed by atoms with Gasteiger partial charge in [0.15, 0.2) is 17.0 Å². The summed E-state index contributed by atoms with van der Waals surface area (Å²) in [4.78, 5) is 27.2. The van der Waals surface area contributed by atoms with Crippen LogP contribution in [0.5, 0.6) is 5.75 Å². The number of aromatic nitrogens is 1. The van der Waals surface area contributed by atoms with Crippen LogP contribution in [0.2, 0.25) is 0 Å². The van der Waals surface area contributed by atoms with Crippen LogP contribution in [0.25, 0.3) is 10.9 Å². The van der Waals surface area contributed by atoms with E-state index < -0.39 is 17.5 Å². The summed E-state index contributed by atoms with van der Waals surface area (Å²) in [6.07, 6.45) is 0. The number of H-pyrrole nitrogens is 1. The number of para-hydroxylation sites is 1. The molecular formula is C17H21NO5. The maximum Gasteiger partial charge on any atom is 0.358 e. The first-order chi connectivity index (χ1) is 10.9. The molecule has 0 amide bonds. The zero-order valence-electron chi connectivity index (χ0n) is 13.8. The second kappa shape index (κ2) is 6.73. The summed E-state index contributed by atoms with van der Waals surface area (Å²) in [5.74, 6) is -0.740. The lowest BCUT2D eigenvalue weighted by Gasteiger charge is -2.24. The molecule has 2 rings (SSSR count). The minimum atomic E-state index is -1.23. The van der Waals surface area contributed by atoms with Gasteiger partial charge in [-0.15, -0.1) is 0 Å². The Morgan fingerprint density at radius 2 is 1.74 bits per heavy atom. The molecule has 0 aliphatic carbocycles. The van der Waals surface area contributed by atoms with Crippen molar-refractivity contribution in [2.45, 2.75) is 33.3 Å². The molecule has 1 aromatic carbocycles. The molecule has 0 spiro atoms. The molecular weight excluding hydrogens is 298 g/mol. The molecule has 0 bridgehead atoms. The van der Waals surface area contributed by atoms with Crippen molar-refractivity contribution in [2.24, 2.45) is 0 Å². The average molecular weight is 319 g/mol. The Labute approximate surface area is 134 Å². The SMILES string of the molecule is CCOC(=O)c1[nH]c2ccccc2c1OC(C)(C)C(=O)OCC. The van der Waals surface area contributed by atoms with Crippen LogP contribution in [0.4, 0.5) is 0 Å². The summed E-state index contributed by atoms with van der Waals surface area (Å²) < 4.78 is 15.9. The Bertz CT molecular complexity index is 717. The van der Waals surface area contributed by atoms with E-state index in [1.165, 1.54) is 0 Å². The maximum absolute atomic E-state index is 12.2. The predicted octanol–water partition coefficient (Wildman–Crippen LogP) is 3.07. The molecule has 1 N–H and O–H groups in total. The third-order valence-electron chi connectivity index (χ3n) is 3.26. The van der Waals surface area contributed by atoms with Crippen molar-refractivity contribution in [3.8, 4) is 5.75 Å². The third kappa shape index (κ3) is 3.47. The Balaban J connectivity index is 2.47. The highest BCUT2D eigenvalue weighted by molar-refractivity contribution is 6.01. The highest BCUT2D eigenvalue weighted by Crippen LogP contribution is 2.33. The Morgan fingerprint density at radius 1 is 1.09 bits per heavy atom. The molecule has 0 fully saturated rings. The van der Waals surface area contributed by atoms with Gasteiger partial charge in [0.25, 0.3) is 0 Å². The number of ether oxygens (including phenoxy) is 3. The molecule has 0 atom stereocenters. The monoisotopic (exact) mass is 319 g/mol. The molecule has 0 saturated carbocycles. The fraction of sp³-hybridized carbons (Fsp3) is 0.412. The lowest BCUT2D eigenvalue weighted by atomic mass is 10.1. The summed E-state index contributed by atoms with van der Waals surface area (Å²) in [6.45, 7) is 7.15. The largest absolute Gasteiger partial charge is 0.473 e. The van der Waals surface area contributed by atoms with E-state index in [2.05, 4.69) is 4.98 Å². The minimum absolute atomic E-state index is 0.186. The number of hydrogen-bond acceptors (Lipinski definition) is 5. The number of esters is 2. The summed E-state index contributed by atoms with van der Waals surface area (Å²) in [7, 11) is 0. The molecule has 0 unspecified atom stereocenters. The number of fused-ring (bicyclic) bond motifs is 1. The second-order valence-electron chi connectivity index (χ2n) is 5.43. The van der Waals surface area contributed by atoms with Gasteiger partial charge < -0.3 is 19.2 Å². The number of rotatable bonds is 6. The summed E-state index contributed by atoms with van der Waals surface area (Å²) in [5, 5.41) is 0.702. The van der Waals surface area contributed by atoms with Crippen molar-refractivity contribution in [3.63, 3.8) is 0 Å². The molecule has 2 aromatic rings. The van der Waals surface area contributed by atoms with E-state index in [1.54, 1.807) is 27.7 Å². The Morgan fingerprint density at radius 3 is 2.39 bits per heavy atom. The van der Waals surface area contributed by atoms with Gasteiger partial charge in [0.2, 0.25) is 0 Å². The van der Waals surface area contributed by atoms with Crippen LogP contribution in [-0.2, 0) is 14.3 Å². The standard InChI is InChI=1S/C17H21NO5/c1-5-21-15(19)13-14(11-9-7-8-10-12(11)18-13)23-17(3,4)16(20)22-6-2/h7-10,18H,5-6H2,1-4H3. The first-order valence-corrected chi connectivity index (χ1v) is 7.54. The summed E-state index contributed by atoms with van der Waals surface area (Å²) in [6, 6.07) is 7.30. The van der Waals surface area contributed by atoms with E-state index >= 15 is 0 Å². The number of carbonyl (C=O) groups is 2. The van der Waals surface area contributed by atoms with E-state index in [1.807, 2.05) is 24.3 Å². The first kappa shape index (κ1) is 16.9. The van der Waals surface area contributed by atoms with Gasteiger partial charge >= 0.3 is 11.9 Å². The highest BCUT2D eigenvalue weighted by atomic mass is 16.6. The second-order valence-corrected chi connectivity index (χ2v) is 5.43. The zero-order chi connectivity index (χ0) is 17.0. The van der Waals surface area contributed by atoms with Gasteiger partial charge in [0.1, 0.15) is 0 Å². The Hall–Kier alpha value is -2.50. The number of carbonyl (C=O) groups excluding carboxylic acids is 2. The van der Waals surface area contributed by atoms with Crippen LogP contribution in [0.3, 0.4) is 0 Å². The lowest BCUT2D eigenvalue weighted by molar-refractivity contribution is -0.158. The lowest BCUT2D eigenvalue weighted by Crippen LogP contribution is -2.40. The van der Waals surface area contributed by atoms with Crippen LogP contribution >= 0.6 is 0 Å². The van der Waals surface area contributed by atoms with Gasteiger partial charge in [0, 0.05) is 10.9 Å². The van der Waals surface area contributed by atoms with E-state index in [4.69, 9.17) is 14.2 Å². The van der Waals surface area contributed by atoms with Crippen molar-refractivity contribution >= 4 is 22.8 Å². The van der Waals surface area contributed by atoms with Crippen molar-refractivity contribution in [1.29, 1.82) is 0 Å². The van der Waals surface area contributed by atoms with Crippen LogP contribution < -0.4 is 4.74 Å². The molecule has 0 saturated heterocycles. The van der Waals surface area contributed by atoms with Gasteiger partial charge in [-0.25, -0.2) is 9.59 Å². The quantitative estimate of drug-likeness (QED) is 0.828. The number of hydrogen-bond donors (Lipinski definition) is 1. The van der Waals surface area contributed by atoms with Gasteiger partial charge in [0.05, 0.1) is 13.2 Å². The van der Waals surface area contributed by atoms with Crippen molar-refractivity contribution in [3.05, 3.63) is 30.0 Å². The molecule has 1 aromatic heterocycles. The molecule has 1 heterocycles. The van der Waals surface area contributed by atoms with Crippen molar-refractivity contribution < 1.29 is 23.8 Å².